The average Bonchev–Trinajstić information content (AvgIpc) is 3.02. The quantitative estimate of drug-likeness (QED) is 0.483. The summed E-state index contributed by atoms with van der Waals surface area (Å²) in [6.07, 6.45) is 2.83. The fraction of sp³-hybridized carbons (Fsp3) is 0.222. The molecule has 0 atom stereocenters. The summed E-state index contributed by atoms with van der Waals surface area (Å²) in [6.45, 7) is 0.901. The van der Waals surface area contributed by atoms with Crippen LogP contribution >= 0.6 is 0 Å². The van der Waals surface area contributed by atoms with Gasteiger partial charge in [0.05, 0.1) is 15.9 Å². The minimum absolute atomic E-state index is 0.204. The van der Waals surface area contributed by atoms with E-state index in [2.05, 4.69) is 15.2 Å². The van der Waals surface area contributed by atoms with E-state index in [9.17, 15) is 20.2 Å². The van der Waals surface area contributed by atoms with E-state index in [1.54, 1.807) is 6.07 Å². The zero-order valence-corrected chi connectivity index (χ0v) is 14.9. The number of nitro groups is 2. The van der Waals surface area contributed by atoms with Crippen LogP contribution in [-0.2, 0) is 6.42 Å². The van der Waals surface area contributed by atoms with Gasteiger partial charge in [-0.05, 0) is 50.3 Å². The summed E-state index contributed by atoms with van der Waals surface area (Å²) in [4.78, 5) is 26.2. The largest absolute Gasteiger partial charge is 0.361 e. The lowest BCUT2D eigenvalue weighted by molar-refractivity contribution is -0.393. The van der Waals surface area contributed by atoms with E-state index in [1.807, 2.05) is 32.4 Å². The molecule has 0 fully saturated rings. The monoisotopic (exact) mass is 369 g/mol. The van der Waals surface area contributed by atoms with Crippen molar-refractivity contribution in [2.75, 3.05) is 26.0 Å². The zero-order valence-electron chi connectivity index (χ0n) is 14.9. The molecule has 3 aromatic rings. The molecule has 0 radical (unpaired) electrons. The molecule has 0 bridgehead atoms. The summed E-state index contributed by atoms with van der Waals surface area (Å²) >= 11 is 0. The van der Waals surface area contributed by atoms with Gasteiger partial charge in [0.15, 0.2) is 0 Å². The molecule has 0 saturated heterocycles. The van der Waals surface area contributed by atoms with Gasteiger partial charge in [0, 0.05) is 35.4 Å². The van der Waals surface area contributed by atoms with Crippen LogP contribution in [0.2, 0.25) is 0 Å². The first-order valence-corrected chi connectivity index (χ1v) is 8.30. The third-order valence-corrected chi connectivity index (χ3v) is 4.26. The van der Waals surface area contributed by atoms with Crippen LogP contribution in [0.25, 0.3) is 10.9 Å². The summed E-state index contributed by atoms with van der Waals surface area (Å²) in [5.41, 5.74) is 2.35. The van der Waals surface area contributed by atoms with E-state index >= 15 is 0 Å². The Morgan fingerprint density at radius 1 is 1.07 bits per heavy atom. The van der Waals surface area contributed by atoms with Gasteiger partial charge >= 0.3 is 0 Å². The van der Waals surface area contributed by atoms with Crippen molar-refractivity contribution < 1.29 is 9.85 Å². The zero-order chi connectivity index (χ0) is 19.6. The molecular formula is C18H19N5O4. The first-order valence-electron chi connectivity index (χ1n) is 8.30. The molecule has 9 nitrogen and oxygen atoms in total. The van der Waals surface area contributed by atoms with Crippen molar-refractivity contribution in [2.24, 2.45) is 0 Å². The Hall–Kier alpha value is -3.46. The van der Waals surface area contributed by atoms with Crippen LogP contribution in [0.5, 0.6) is 0 Å². The Morgan fingerprint density at radius 2 is 1.85 bits per heavy atom. The lowest BCUT2D eigenvalue weighted by Gasteiger charge is -2.10. The number of nitro benzene ring substituents is 2. The topological polar surface area (TPSA) is 117 Å². The van der Waals surface area contributed by atoms with Crippen LogP contribution in [0.3, 0.4) is 0 Å². The van der Waals surface area contributed by atoms with Crippen LogP contribution < -0.4 is 5.32 Å². The molecule has 0 spiro atoms. The normalized spacial score (nSPS) is 11.1. The van der Waals surface area contributed by atoms with Gasteiger partial charge in [-0.25, -0.2) is 0 Å². The van der Waals surface area contributed by atoms with Gasteiger partial charge < -0.3 is 15.2 Å². The molecule has 1 heterocycles. The molecule has 0 amide bonds. The highest BCUT2D eigenvalue weighted by Crippen LogP contribution is 2.32. The van der Waals surface area contributed by atoms with Crippen molar-refractivity contribution in [3.63, 3.8) is 0 Å². The SMILES string of the molecule is CN(C)CCc1c[nH]c2ccc(Nc3ccc([N+](=O)[O-])cc3[N+](=O)[O-])cc12. The van der Waals surface area contributed by atoms with E-state index in [4.69, 9.17) is 0 Å². The van der Waals surface area contributed by atoms with Crippen molar-refractivity contribution >= 4 is 33.7 Å². The summed E-state index contributed by atoms with van der Waals surface area (Å²) in [5, 5.41) is 26.2. The number of nitrogens with zero attached hydrogens (tertiary/aromatic N) is 3. The fourth-order valence-electron chi connectivity index (χ4n) is 2.85. The van der Waals surface area contributed by atoms with E-state index < -0.39 is 9.85 Å². The second-order valence-corrected chi connectivity index (χ2v) is 6.47. The molecule has 0 unspecified atom stereocenters. The van der Waals surface area contributed by atoms with E-state index in [0.29, 0.717) is 5.69 Å². The number of benzene rings is 2. The molecule has 0 aliphatic heterocycles. The van der Waals surface area contributed by atoms with Crippen LogP contribution in [0.15, 0.2) is 42.6 Å². The average molecular weight is 369 g/mol. The number of H-pyrrole nitrogens is 1. The number of aromatic nitrogens is 1. The van der Waals surface area contributed by atoms with Crippen molar-refractivity contribution in [2.45, 2.75) is 6.42 Å². The van der Waals surface area contributed by atoms with Gasteiger partial charge in [0.1, 0.15) is 5.69 Å². The molecule has 2 N–H and O–H groups in total. The minimum Gasteiger partial charge on any atom is -0.361 e. The maximum atomic E-state index is 11.3. The summed E-state index contributed by atoms with van der Waals surface area (Å²) in [7, 11) is 4.02. The molecule has 140 valence electrons. The molecule has 27 heavy (non-hydrogen) atoms. The number of non-ortho nitro benzene ring substituents is 1. The Labute approximate surface area is 154 Å². The smallest absolute Gasteiger partial charge is 0.299 e. The molecule has 9 heteroatoms. The lowest BCUT2D eigenvalue weighted by Crippen LogP contribution is -2.14. The van der Waals surface area contributed by atoms with Crippen LogP contribution in [0, 0.1) is 20.2 Å². The van der Waals surface area contributed by atoms with Crippen molar-refractivity contribution in [1.29, 1.82) is 0 Å². The van der Waals surface area contributed by atoms with Crippen molar-refractivity contribution in [3.8, 4) is 0 Å². The number of likely N-dealkylation sites (N-methyl/N-ethyl adjacent to an activating group) is 1. The minimum atomic E-state index is -0.653. The maximum Gasteiger partial charge on any atom is 0.299 e. The summed E-state index contributed by atoms with van der Waals surface area (Å²) < 4.78 is 0. The van der Waals surface area contributed by atoms with E-state index in [1.165, 1.54) is 12.1 Å². The van der Waals surface area contributed by atoms with E-state index in [0.717, 1.165) is 35.5 Å². The van der Waals surface area contributed by atoms with Crippen molar-refractivity contribution in [1.82, 2.24) is 9.88 Å². The van der Waals surface area contributed by atoms with Crippen LogP contribution in [0.1, 0.15) is 5.56 Å². The Kier molecular flexibility index (Phi) is 5.04. The predicted octanol–water partition coefficient (Wildman–Crippen LogP) is 3.83. The van der Waals surface area contributed by atoms with Gasteiger partial charge in [-0.1, -0.05) is 0 Å². The predicted molar refractivity (Wildman–Crippen MR) is 104 cm³/mol. The van der Waals surface area contributed by atoms with Crippen LogP contribution in [-0.4, -0.2) is 40.4 Å². The Bertz CT molecular complexity index is 1010. The summed E-state index contributed by atoms with van der Waals surface area (Å²) in [5.74, 6) is 0. The van der Waals surface area contributed by atoms with Gasteiger partial charge in [-0.3, -0.25) is 20.2 Å². The fourth-order valence-corrected chi connectivity index (χ4v) is 2.85. The summed E-state index contributed by atoms with van der Waals surface area (Å²) in [6, 6.07) is 9.17. The number of hydrogen-bond donors (Lipinski definition) is 2. The standard InChI is InChI=1S/C18H19N5O4/c1-21(2)8-7-12-11-19-16-5-3-13(9-15(12)16)20-17-6-4-14(22(24)25)10-18(17)23(26)27/h3-6,9-11,19-20H,7-8H2,1-2H3. The Balaban J connectivity index is 1.93. The highest BCUT2D eigenvalue weighted by molar-refractivity contribution is 5.88. The number of rotatable bonds is 7. The van der Waals surface area contributed by atoms with Gasteiger partial charge in [0.25, 0.3) is 11.4 Å². The number of hydrogen-bond acceptors (Lipinski definition) is 6. The van der Waals surface area contributed by atoms with Gasteiger partial charge in [-0.2, -0.15) is 0 Å². The third-order valence-electron chi connectivity index (χ3n) is 4.26. The molecular weight excluding hydrogens is 350 g/mol. The molecule has 1 aromatic heterocycles. The first-order chi connectivity index (χ1) is 12.8. The number of nitrogens with one attached hydrogen (secondary N) is 2. The second-order valence-electron chi connectivity index (χ2n) is 6.47. The van der Waals surface area contributed by atoms with Crippen LogP contribution in [0.4, 0.5) is 22.7 Å². The highest BCUT2D eigenvalue weighted by atomic mass is 16.6. The molecule has 0 aliphatic carbocycles. The number of aromatic amines is 1. The first kappa shape index (κ1) is 18.3. The van der Waals surface area contributed by atoms with Gasteiger partial charge in [0.2, 0.25) is 0 Å². The van der Waals surface area contributed by atoms with Gasteiger partial charge in [-0.15, -0.1) is 0 Å². The van der Waals surface area contributed by atoms with Crippen molar-refractivity contribution in [3.05, 3.63) is 68.4 Å². The molecule has 2 aromatic carbocycles. The highest BCUT2D eigenvalue weighted by Gasteiger charge is 2.19. The third kappa shape index (κ3) is 4.04. The lowest BCUT2D eigenvalue weighted by atomic mass is 10.1. The molecule has 0 aliphatic rings. The number of anilines is 2. The number of fused-ring (bicyclic) bond motifs is 1. The second kappa shape index (κ2) is 7.42. The molecule has 3 rings (SSSR count). The Morgan fingerprint density at radius 3 is 2.52 bits per heavy atom. The maximum absolute atomic E-state index is 11.3. The molecule has 0 saturated carbocycles. The van der Waals surface area contributed by atoms with E-state index in [-0.39, 0.29) is 17.1 Å².